The van der Waals surface area contributed by atoms with Gasteiger partial charge in [0.1, 0.15) is 0 Å². The summed E-state index contributed by atoms with van der Waals surface area (Å²) in [6.07, 6.45) is 0. The molecule has 0 radical (unpaired) electrons. The van der Waals surface area contributed by atoms with Crippen molar-refractivity contribution in [2.75, 3.05) is 0 Å². The molecular weight excluding hydrogens is 258 g/mol. The molecule has 0 aromatic carbocycles. The molecule has 0 fully saturated rings. The number of halogens is 1. The van der Waals surface area contributed by atoms with Crippen molar-refractivity contribution < 1.29 is 9.90 Å². The highest BCUT2D eigenvalue weighted by Gasteiger charge is 2.18. The summed E-state index contributed by atoms with van der Waals surface area (Å²) >= 11 is 7.30. The van der Waals surface area contributed by atoms with Crippen molar-refractivity contribution in [2.24, 2.45) is 0 Å². The van der Waals surface area contributed by atoms with E-state index in [-0.39, 0.29) is 5.92 Å². The number of thiophene rings is 1. The van der Waals surface area contributed by atoms with E-state index in [1.807, 2.05) is 19.9 Å². The minimum Gasteiger partial charge on any atom is -0.478 e. The summed E-state index contributed by atoms with van der Waals surface area (Å²) in [7, 11) is 0. The smallest absolute Gasteiger partial charge is 0.337 e. The Morgan fingerprint density at radius 3 is 2.59 bits per heavy atom. The van der Waals surface area contributed by atoms with E-state index >= 15 is 0 Å². The predicted molar refractivity (Wildman–Crippen MR) is 70.2 cm³/mol. The van der Waals surface area contributed by atoms with Crippen LogP contribution in [-0.2, 0) is 0 Å². The first-order chi connectivity index (χ1) is 7.99. The molecule has 2 rings (SSSR count). The summed E-state index contributed by atoms with van der Waals surface area (Å²) in [6, 6.07) is 5.35. The summed E-state index contributed by atoms with van der Waals surface area (Å²) in [5.41, 5.74) is 1.89. The van der Waals surface area contributed by atoms with Gasteiger partial charge in [0, 0.05) is 5.69 Å². The average molecular weight is 270 g/mol. The molecule has 90 valence electrons. The number of aromatic amines is 1. The van der Waals surface area contributed by atoms with Crippen LogP contribution in [0.15, 0.2) is 18.2 Å². The maximum absolute atomic E-state index is 11.1. The number of carboxylic acids is 1. The van der Waals surface area contributed by atoms with Crippen LogP contribution in [0, 0.1) is 0 Å². The zero-order valence-electron chi connectivity index (χ0n) is 9.45. The number of rotatable bonds is 3. The van der Waals surface area contributed by atoms with Gasteiger partial charge in [-0.05, 0) is 24.1 Å². The molecule has 5 heteroatoms. The lowest BCUT2D eigenvalue weighted by Crippen LogP contribution is -2.01. The Morgan fingerprint density at radius 1 is 1.47 bits per heavy atom. The number of carboxylic acid groups (broad SMARTS) is 1. The molecule has 0 aliphatic rings. The van der Waals surface area contributed by atoms with E-state index in [9.17, 15) is 4.79 Å². The molecule has 0 bridgehead atoms. The number of H-pyrrole nitrogens is 1. The predicted octanol–water partition coefficient (Wildman–Crippen LogP) is 4.22. The first-order valence-electron chi connectivity index (χ1n) is 5.21. The second-order valence-corrected chi connectivity index (χ2v) is 5.79. The fourth-order valence-electron chi connectivity index (χ4n) is 1.69. The van der Waals surface area contributed by atoms with E-state index in [1.165, 1.54) is 11.3 Å². The number of aromatic carboxylic acids is 1. The third-order valence-corrected chi connectivity index (χ3v) is 3.76. The van der Waals surface area contributed by atoms with Crippen LogP contribution < -0.4 is 0 Å². The molecule has 0 unspecified atom stereocenters. The molecule has 3 nitrogen and oxygen atoms in total. The number of nitrogens with one attached hydrogen (secondary N) is 1. The Balaban J connectivity index is 2.50. The highest BCUT2D eigenvalue weighted by Crippen LogP contribution is 2.33. The Hall–Kier alpha value is -1.26. The molecule has 0 saturated carbocycles. The van der Waals surface area contributed by atoms with Crippen LogP contribution in [0.4, 0.5) is 0 Å². The van der Waals surface area contributed by atoms with Crippen LogP contribution in [-0.4, -0.2) is 16.1 Å². The fraction of sp³-hybridized carbons (Fsp3) is 0.250. The SMILES string of the molecule is CC(C)c1[nH]c(-c2ccc(Cl)s2)cc1C(=O)O. The molecule has 2 aromatic heterocycles. The minimum absolute atomic E-state index is 0.144. The van der Waals surface area contributed by atoms with E-state index in [0.717, 1.165) is 16.3 Å². The van der Waals surface area contributed by atoms with Gasteiger partial charge in [-0.2, -0.15) is 0 Å². The molecule has 0 spiro atoms. The molecular formula is C12H12ClNO2S. The largest absolute Gasteiger partial charge is 0.478 e. The van der Waals surface area contributed by atoms with E-state index in [2.05, 4.69) is 4.98 Å². The molecule has 0 atom stereocenters. The van der Waals surface area contributed by atoms with Gasteiger partial charge in [-0.3, -0.25) is 0 Å². The van der Waals surface area contributed by atoms with Crippen molar-refractivity contribution >= 4 is 28.9 Å². The lowest BCUT2D eigenvalue weighted by Gasteiger charge is -2.03. The maximum atomic E-state index is 11.1. The normalized spacial score (nSPS) is 11.1. The molecule has 0 amide bonds. The van der Waals surface area contributed by atoms with Gasteiger partial charge in [0.25, 0.3) is 0 Å². The maximum Gasteiger partial charge on any atom is 0.337 e. The summed E-state index contributed by atoms with van der Waals surface area (Å²) in [5, 5.41) is 9.14. The number of carbonyl (C=O) groups is 1. The third-order valence-electron chi connectivity index (χ3n) is 2.49. The van der Waals surface area contributed by atoms with E-state index in [0.29, 0.717) is 9.90 Å². The van der Waals surface area contributed by atoms with Gasteiger partial charge in [-0.25, -0.2) is 4.79 Å². The Kier molecular flexibility index (Phi) is 3.26. The lowest BCUT2D eigenvalue weighted by atomic mass is 10.1. The van der Waals surface area contributed by atoms with E-state index < -0.39 is 5.97 Å². The van der Waals surface area contributed by atoms with Gasteiger partial charge >= 0.3 is 5.97 Å². The topological polar surface area (TPSA) is 53.1 Å². The number of hydrogen-bond donors (Lipinski definition) is 2. The fourth-order valence-corrected chi connectivity index (χ4v) is 2.71. The summed E-state index contributed by atoms with van der Waals surface area (Å²) in [5.74, 6) is -0.760. The van der Waals surface area contributed by atoms with E-state index in [4.69, 9.17) is 16.7 Å². The highest BCUT2D eigenvalue weighted by molar-refractivity contribution is 7.19. The number of aromatic nitrogens is 1. The molecule has 2 aromatic rings. The molecule has 0 aliphatic heterocycles. The van der Waals surface area contributed by atoms with Crippen molar-refractivity contribution in [3.63, 3.8) is 0 Å². The lowest BCUT2D eigenvalue weighted by molar-refractivity contribution is 0.0695. The number of hydrogen-bond acceptors (Lipinski definition) is 2. The van der Waals surface area contributed by atoms with Gasteiger partial charge < -0.3 is 10.1 Å². The van der Waals surface area contributed by atoms with Gasteiger partial charge in [0.2, 0.25) is 0 Å². The Bertz CT molecular complexity index is 557. The Morgan fingerprint density at radius 2 is 2.18 bits per heavy atom. The van der Waals surface area contributed by atoms with Crippen molar-refractivity contribution in [1.82, 2.24) is 4.98 Å². The van der Waals surface area contributed by atoms with Crippen LogP contribution in [0.3, 0.4) is 0 Å². The summed E-state index contributed by atoms with van der Waals surface area (Å²) in [6.45, 7) is 3.92. The van der Waals surface area contributed by atoms with Crippen LogP contribution >= 0.6 is 22.9 Å². The Labute approximate surface area is 108 Å². The first kappa shape index (κ1) is 12.2. The van der Waals surface area contributed by atoms with Gasteiger partial charge in [0.15, 0.2) is 0 Å². The second-order valence-electron chi connectivity index (χ2n) is 4.07. The molecule has 17 heavy (non-hydrogen) atoms. The molecule has 0 saturated heterocycles. The summed E-state index contributed by atoms with van der Waals surface area (Å²) in [4.78, 5) is 15.2. The van der Waals surface area contributed by atoms with E-state index in [1.54, 1.807) is 12.1 Å². The minimum atomic E-state index is -0.904. The van der Waals surface area contributed by atoms with Gasteiger partial charge in [-0.15, -0.1) is 11.3 Å². The average Bonchev–Trinajstić information content (AvgIpc) is 2.82. The third kappa shape index (κ3) is 2.37. The van der Waals surface area contributed by atoms with Crippen LogP contribution in [0.5, 0.6) is 0 Å². The molecule has 2 N–H and O–H groups in total. The van der Waals surface area contributed by atoms with Crippen LogP contribution in [0.2, 0.25) is 4.34 Å². The highest BCUT2D eigenvalue weighted by atomic mass is 35.5. The van der Waals surface area contributed by atoms with Crippen molar-refractivity contribution in [1.29, 1.82) is 0 Å². The second kappa shape index (κ2) is 4.55. The first-order valence-corrected chi connectivity index (χ1v) is 6.40. The van der Waals surface area contributed by atoms with Gasteiger partial charge in [-0.1, -0.05) is 25.4 Å². The zero-order valence-corrected chi connectivity index (χ0v) is 11.0. The monoisotopic (exact) mass is 269 g/mol. The standard InChI is InChI=1S/C12H12ClNO2S/c1-6(2)11-7(12(15)16)5-8(14-11)9-3-4-10(13)17-9/h3-6,14H,1-2H3,(H,15,16). The van der Waals surface area contributed by atoms with Gasteiger partial charge in [0.05, 0.1) is 20.5 Å². The van der Waals surface area contributed by atoms with Crippen LogP contribution in [0.25, 0.3) is 10.6 Å². The van der Waals surface area contributed by atoms with Crippen molar-refractivity contribution in [3.05, 3.63) is 33.8 Å². The van der Waals surface area contributed by atoms with Crippen molar-refractivity contribution in [2.45, 2.75) is 19.8 Å². The quantitative estimate of drug-likeness (QED) is 0.877. The zero-order chi connectivity index (χ0) is 12.6. The van der Waals surface area contributed by atoms with Crippen LogP contribution in [0.1, 0.15) is 35.8 Å². The summed E-state index contributed by atoms with van der Waals surface area (Å²) < 4.78 is 0.692. The molecule has 0 aliphatic carbocycles. The molecule has 2 heterocycles. The van der Waals surface area contributed by atoms with Crippen molar-refractivity contribution in [3.8, 4) is 10.6 Å².